The second kappa shape index (κ2) is 32.7. The number of terminal acetylenes is 1. The number of aromatic nitrogens is 4. The first-order chi connectivity index (χ1) is 42.5. The summed E-state index contributed by atoms with van der Waals surface area (Å²) < 4.78 is 17.9. The fourth-order valence-electron chi connectivity index (χ4n) is 9.59. The normalized spacial score (nSPS) is 24.4. The Morgan fingerprint density at radius 3 is 2.16 bits per heavy atom. The second-order valence-corrected chi connectivity index (χ2v) is 22.3. The number of nitrogens with zero attached hydrogens (tertiary/aromatic N) is 7. The van der Waals surface area contributed by atoms with Gasteiger partial charge in [0, 0.05) is 85.7 Å². The van der Waals surface area contributed by atoms with Crippen LogP contribution in [0.1, 0.15) is 42.6 Å². The minimum Gasteiger partial charge on any atom is -0.691 e. The maximum Gasteiger partial charge on any atom is 1.00 e. The van der Waals surface area contributed by atoms with Crippen molar-refractivity contribution in [2.75, 3.05) is 26.2 Å². The standard InChI is InChI=1S/C57H56N12O18S2.Na/c1-5-6-7-8-9-10-11-12-19-67-28-35(24-60-67)55-66-65-54(88-55)34-16-14-33(15-17-34)49(77)61-38-22-36(71)25-59-53(81)47-48(76)30(2)27-69(47)57(83)46(42(75)26-58-4)64-52(80)45(41(74)20-32-13-18-40(73)43(21-32)89(85)87-86-84)63-51(79)39-23-37(72)29-68(39)56(82)44(31(3)70)62-50(38)78;/h1,13-18,21,24,28,30-31,36-39,41-42,44-48,70-76,84H,20,22-23,25-27,29H2,2-3H3,(H,59,81)(H,61,77)(H,62,78)(H,63,79)(H,64,80);/q;+1/p-1/t30?,31?,36-,37?,38-,39?,41+,42+,44?,45?,46-,47?,48-,89?;/m0./s1. The smallest absolute Gasteiger partial charge is 0.691 e. The number of rotatable bonds is 13. The number of fused-ring (bicyclic) bond motifs is 2. The van der Waals surface area contributed by atoms with Crippen LogP contribution in [0.15, 0.2) is 59.8 Å². The Morgan fingerprint density at radius 1 is 0.844 bits per heavy atom. The summed E-state index contributed by atoms with van der Waals surface area (Å²) >= 11 is -1.56. The summed E-state index contributed by atoms with van der Waals surface area (Å²) in [6, 6.07) is -0.0711. The molecular weight excluding hydrogens is 1230 g/mol. The SMILES string of the molecule is [C-]#[N+]C[C@@H](O)[C@@H]1NC(=O)C([C@H](O)Cc2ccc(O)c(S(=O)OO[O-])c2)NC(=O)C2CC(O)CN2C(=O)C(C(C)O)NC(=O)[C@@H](NC(=O)c2ccc(-c3nnc(-c4cnn(C#CC#CC#CC#CC#C)c4)s3)cc2)C[C@H](O)CNC(=O)C2[C@@H](O)C(C)CN2C1=O.[Na+]. The molecule has 0 aliphatic carbocycles. The van der Waals surface area contributed by atoms with Crippen LogP contribution in [0.3, 0.4) is 0 Å². The molecule has 7 rings (SSSR count). The number of hydrogen-bond donors (Lipinski definition) is 12. The van der Waals surface area contributed by atoms with Crippen LogP contribution in [-0.4, -0.2) is 210 Å². The number of β-amino-alcohol motifs (C(OH)–C–C–N with tert-alkyl or cyclic N) is 1. The Bertz CT molecular complexity index is 3730. The molecule has 0 radical (unpaired) electrons. The van der Waals surface area contributed by atoms with Crippen LogP contribution in [0, 0.1) is 72.3 Å². The van der Waals surface area contributed by atoms with Gasteiger partial charge in [0.15, 0.2) is 11.1 Å². The number of aromatic hydroxyl groups is 1. The Morgan fingerprint density at radius 2 is 1.49 bits per heavy atom. The van der Waals surface area contributed by atoms with Crippen LogP contribution >= 0.6 is 11.3 Å². The van der Waals surface area contributed by atoms with E-state index in [1.165, 1.54) is 59.5 Å². The van der Waals surface area contributed by atoms with E-state index in [0.29, 0.717) is 21.1 Å². The van der Waals surface area contributed by atoms with Gasteiger partial charge in [-0.25, -0.2) is 10.8 Å². The monoisotopic (exact) mass is 1280 g/mol. The quantitative estimate of drug-likeness (QED) is 0.0194. The van der Waals surface area contributed by atoms with Crippen molar-refractivity contribution in [1.29, 1.82) is 0 Å². The van der Waals surface area contributed by atoms with Gasteiger partial charge in [-0.1, -0.05) is 36.5 Å². The van der Waals surface area contributed by atoms with Gasteiger partial charge in [0.05, 0.1) is 48.5 Å². The zero-order valence-corrected chi connectivity index (χ0v) is 51.4. The number of benzene rings is 2. The molecule has 464 valence electrons. The first-order valence-electron chi connectivity index (χ1n) is 26.7. The number of nitrogens with one attached hydrogen (secondary N) is 5. The zero-order chi connectivity index (χ0) is 64.6. The molecule has 0 bridgehead atoms. The molecular formula is C57H55N12NaO18S2. The fourth-order valence-corrected chi connectivity index (χ4v) is 11.0. The largest absolute Gasteiger partial charge is 1.00 e. The predicted molar refractivity (Wildman–Crippen MR) is 305 cm³/mol. The van der Waals surface area contributed by atoms with Gasteiger partial charge in [0.1, 0.15) is 51.9 Å². The topological polar surface area (TPSA) is 434 Å². The van der Waals surface area contributed by atoms with Crippen LogP contribution in [0.2, 0.25) is 0 Å². The van der Waals surface area contributed by atoms with Crippen molar-refractivity contribution in [2.45, 2.75) is 111 Å². The van der Waals surface area contributed by atoms with E-state index in [2.05, 4.69) is 110 Å². The third kappa shape index (κ3) is 17.8. The summed E-state index contributed by atoms with van der Waals surface area (Å²) in [6.45, 7) is 7.40. The van der Waals surface area contributed by atoms with Crippen molar-refractivity contribution < 1.29 is 118 Å². The maximum absolute atomic E-state index is 14.6. The van der Waals surface area contributed by atoms with Crippen molar-refractivity contribution in [3.05, 3.63) is 77.4 Å². The number of hydrogen-bond acceptors (Lipinski definition) is 22. The minimum absolute atomic E-state index is 0. The van der Waals surface area contributed by atoms with Gasteiger partial charge in [-0.3, -0.25) is 38.6 Å². The second-order valence-electron chi connectivity index (χ2n) is 20.3. The summed E-state index contributed by atoms with van der Waals surface area (Å²) in [5.74, 6) is 9.55. The molecule has 33 heteroatoms. The fraction of sp³-hybridized carbons (Fsp3) is 0.386. The van der Waals surface area contributed by atoms with Crippen molar-refractivity contribution in [3.63, 3.8) is 0 Å². The molecule has 2 aromatic heterocycles. The van der Waals surface area contributed by atoms with Crippen LogP contribution in [0.5, 0.6) is 5.75 Å². The molecule has 3 saturated heterocycles. The van der Waals surface area contributed by atoms with E-state index in [4.69, 9.17) is 13.0 Å². The molecule has 7 amide bonds. The maximum atomic E-state index is 14.6. The first kappa shape index (κ1) is 70.5. The van der Waals surface area contributed by atoms with Gasteiger partial charge in [0.25, 0.3) is 5.91 Å². The van der Waals surface area contributed by atoms with Crippen molar-refractivity contribution >= 4 is 63.8 Å². The summed E-state index contributed by atoms with van der Waals surface area (Å²) in [5, 5.41) is 117. The van der Waals surface area contributed by atoms with Gasteiger partial charge in [0.2, 0.25) is 53.1 Å². The summed E-state index contributed by atoms with van der Waals surface area (Å²) in [6.07, 6.45) is -4.64. The van der Waals surface area contributed by atoms with Gasteiger partial charge in [-0.2, -0.15) is 9.78 Å². The van der Waals surface area contributed by atoms with E-state index in [9.17, 15) is 78.8 Å². The van der Waals surface area contributed by atoms with Crippen molar-refractivity contribution in [1.82, 2.24) is 56.4 Å². The predicted octanol–water partition coefficient (Wildman–Crippen LogP) is -8.66. The molecule has 3 fully saturated rings. The Balaban J connectivity index is 0.0000129. The number of aliphatic hydroxyl groups excluding tert-OH is 6. The molecule has 30 nitrogen and oxygen atoms in total. The Kier molecular flexibility index (Phi) is 25.6. The molecule has 0 saturated carbocycles. The molecule has 8 unspecified atom stereocenters. The third-order valence-corrected chi connectivity index (χ3v) is 15.9. The number of phenols is 1. The van der Waals surface area contributed by atoms with Gasteiger partial charge in [-0.05, 0) is 60.4 Å². The van der Waals surface area contributed by atoms with Gasteiger partial charge in [-0.15, -0.1) is 21.0 Å². The number of aliphatic hydroxyl groups is 6. The van der Waals surface area contributed by atoms with E-state index in [-0.39, 0.29) is 40.7 Å². The third-order valence-electron chi connectivity index (χ3n) is 14.0. The Labute approximate surface area is 541 Å². The van der Waals surface area contributed by atoms with Crippen molar-refractivity contribution in [3.8, 4) is 86.7 Å². The average Bonchev–Trinajstić information content (AvgIpc) is 1.66. The summed E-state index contributed by atoms with van der Waals surface area (Å²) in [4.78, 5) is 105. The summed E-state index contributed by atoms with van der Waals surface area (Å²) in [7, 11) is 0. The van der Waals surface area contributed by atoms with E-state index >= 15 is 0 Å². The number of phenolic OH excluding ortho intramolecular Hbond substituents is 1. The average molecular weight is 1280 g/mol. The van der Waals surface area contributed by atoms with Crippen LogP contribution in [0.4, 0.5) is 0 Å². The Hall–Kier alpha value is -8.62. The van der Waals surface area contributed by atoms with Crippen molar-refractivity contribution in [2.24, 2.45) is 5.92 Å². The van der Waals surface area contributed by atoms with Crippen LogP contribution in [0.25, 0.3) is 26.0 Å². The number of carbonyl (C=O) groups excluding carboxylic acids is 7. The summed E-state index contributed by atoms with van der Waals surface area (Å²) in [5.41, 5.74) is 0.994. The van der Waals surface area contributed by atoms with E-state index in [0.717, 1.165) is 28.9 Å². The van der Waals surface area contributed by atoms with Gasteiger partial charge < -0.3 is 82.2 Å². The molecule has 90 heavy (non-hydrogen) atoms. The van der Waals surface area contributed by atoms with E-state index in [1.54, 1.807) is 6.20 Å². The molecule has 4 aromatic rings. The van der Waals surface area contributed by atoms with Gasteiger partial charge >= 0.3 is 29.6 Å². The van der Waals surface area contributed by atoms with Crippen LogP contribution < -0.4 is 61.4 Å². The molecule has 14 atom stereocenters. The molecule has 3 aliphatic heterocycles. The van der Waals surface area contributed by atoms with E-state index in [1.807, 2.05) is 0 Å². The van der Waals surface area contributed by atoms with E-state index < -0.39 is 187 Å². The molecule has 0 spiro atoms. The number of carbonyl (C=O) groups is 7. The number of amides is 7. The molecule has 12 N–H and O–H groups in total. The first-order valence-corrected chi connectivity index (χ1v) is 28.6. The van der Waals surface area contributed by atoms with Crippen LogP contribution in [-0.2, 0) is 55.6 Å². The molecule has 3 aliphatic rings. The molecule has 5 heterocycles. The minimum atomic E-state index is -2.74. The molecule has 2 aromatic carbocycles. The zero-order valence-electron chi connectivity index (χ0n) is 47.8.